The minimum atomic E-state index is -0.190. The average molecular weight is 409 g/mol. The summed E-state index contributed by atoms with van der Waals surface area (Å²) in [5.74, 6) is 0.415. The number of amides is 2. The summed E-state index contributed by atoms with van der Waals surface area (Å²) in [7, 11) is 0. The van der Waals surface area contributed by atoms with E-state index in [9.17, 15) is 9.59 Å². The average Bonchev–Trinajstić information content (AvgIpc) is 2.99. The molecule has 0 atom stereocenters. The molecular formula is C20H29ClN4O3. The van der Waals surface area contributed by atoms with Gasteiger partial charge in [-0.25, -0.2) is 4.98 Å². The lowest BCUT2D eigenvalue weighted by Gasteiger charge is -2.35. The maximum absolute atomic E-state index is 12.8. The third-order valence-electron chi connectivity index (χ3n) is 5.29. The van der Waals surface area contributed by atoms with Crippen LogP contribution in [-0.2, 0) is 4.79 Å². The minimum absolute atomic E-state index is 0.190. The number of carbonyl (C=O) groups is 2. The summed E-state index contributed by atoms with van der Waals surface area (Å²) in [4.78, 5) is 35.5. The van der Waals surface area contributed by atoms with E-state index in [1.54, 1.807) is 17.0 Å². The molecule has 0 spiro atoms. The van der Waals surface area contributed by atoms with Gasteiger partial charge in [-0.05, 0) is 25.8 Å². The molecule has 3 rings (SSSR count). The number of aromatic nitrogens is 1. The van der Waals surface area contributed by atoms with E-state index in [4.69, 9.17) is 16.3 Å². The lowest BCUT2D eigenvalue weighted by Crippen LogP contribution is -2.51. The molecule has 0 aliphatic carbocycles. The van der Waals surface area contributed by atoms with Crippen LogP contribution in [0.15, 0.2) is 12.1 Å². The molecule has 2 fully saturated rings. The van der Waals surface area contributed by atoms with Crippen LogP contribution in [-0.4, -0.2) is 83.9 Å². The maximum atomic E-state index is 12.8. The van der Waals surface area contributed by atoms with Gasteiger partial charge in [-0.3, -0.25) is 14.5 Å². The molecule has 0 saturated carbocycles. The molecule has 0 aromatic carbocycles. The Balaban J connectivity index is 1.52. The van der Waals surface area contributed by atoms with E-state index >= 15 is 0 Å². The van der Waals surface area contributed by atoms with Gasteiger partial charge in [0, 0.05) is 45.3 Å². The van der Waals surface area contributed by atoms with Gasteiger partial charge in [0.15, 0.2) is 5.69 Å². The maximum Gasteiger partial charge on any atom is 0.274 e. The molecule has 0 N–H and O–H groups in total. The molecule has 28 heavy (non-hydrogen) atoms. The highest BCUT2D eigenvalue weighted by molar-refractivity contribution is 6.33. The molecule has 154 valence electrons. The van der Waals surface area contributed by atoms with Crippen molar-refractivity contribution in [3.63, 3.8) is 0 Å². The number of rotatable bonds is 5. The van der Waals surface area contributed by atoms with Gasteiger partial charge in [-0.15, -0.1) is 0 Å². The van der Waals surface area contributed by atoms with Gasteiger partial charge in [0.2, 0.25) is 11.8 Å². The number of hydrogen-bond donors (Lipinski definition) is 0. The fourth-order valence-electron chi connectivity index (χ4n) is 3.67. The lowest BCUT2D eigenvalue weighted by atomic mass is 10.2. The standard InChI is InChI=1S/C20H29ClN4O3/c1-2-28-17-8-7-16(21)19(22-17)20(27)25-13-11-23(12-14-25)15-18(26)24-9-5-3-4-6-10-24/h7-8H,2-6,9-15H2,1H3. The molecule has 2 aliphatic rings. The summed E-state index contributed by atoms with van der Waals surface area (Å²) >= 11 is 6.18. The normalized spacial score (nSPS) is 18.6. The Labute approximate surface area is 171 Å². The Bertz CT molecular complexity index is 684. The summed E-state index contributed by atoms with van der Waals surface area (Å²) in [5, 5.41) is 0.326. The van der Waals surface area contributed by atoms with E-state index < -0.39 is 0 Å². The van der Waals surface area contributed by atoms with Crippen molar-refractivity contribution in [1.29, 1.82) is 0 Å². The summed E-state index contributed by atoms with van der Waals surface area (Å²) in [6.45, 7) is 6.99. The van der Waals surface area contributed by atoms with Crippen molar-refractivity contribution in [2.75, 3.05) is 52.4 Å². The Kier molecular flexibility index (Phi) is 7.50. The highest BCUT2D eigenvalue weighted by Gasteiger charge is 2.27. The second-order valence-corrected chi connectivity index (χ2v) is 7.68. The van der Waals surface area contributed by atoms with Gasteiger partial charge < -0.3 is 14.5 Å². The second kappa shape index (κ2) is 10.1. The summed E-state index contributed by atoms with van der Waals surface area (Å²) in [5.41, 5.74) is 0.224. The van der Waals surface area contributed by atoms with E-state index in [1.807, 2.05) is 11.8 Å². The molecule has 1 aromatic rings. The highest BCUT2D eigenvalue weighted by Crippen LogP contribution is 2.20. The molecule has 2 saturated heterocycles. The predicted octanol–water partition coefficient (Wildman–Crippen LogP) is 2.29. The number of piperazine rings is 1. The first-order chi connectivity index (χ1) is 13.6. The topological polar surface area (TPSA) is 66.0 Å². The van der Waals surface area contributed by atoms with Crippen molar-refractivity contribution in [2.24, 2.45) is 0 Å². The first kappa shape index (κ1) is 20.9. The quantitative estimate of drug-likeness (QED) is 0.747. The number of ether oxygens (including phenoxy) is 1. The van der Waals surface area contributed by atoms with Crippen molar-refractivity contribution < 1.29 is 14.3 Å². The lowest BCUT2D eigenvalue weighted by molar-refractivity contribution is -0.132. The molecule has 2 aliphatic heterocycles. The Morgan fingerprint density at radius 2 is 1.68 bits per heavy atom. The van der Waals surface area contributed by atoms with Crippen LogP contribution < -0.4 is 4.74 Å². The van der Waals surface area contributed by atoms with Crippen molar-refractivity contribution in [3.8, 4) is 5.88 Å². The van der Waals surface area contributed by atoms with Crippen LogP contribution in [0, 0.1) is 0 Å². The number of likely N-dealkylation sites (tertiary alicyclic amines) is 1. The van der Waals surface area contributed by atoms with Gasteiger partial charge in [-0.2, -0.15) is 0 Å². The SMILES string of the molecule is CCOc1ccc(Cl)c(C(=O)N2CCN(CC(=O)N3CCCCCC3)CC2)n1. The van der Waals surface area contributed by atoms with E-state index in [0.717, 1.165) is 25.9 Å². The van der Waals surface area contributed by atoms with Gasteiger partial charge >= 0.3 is 0 Å². The van der Waals surface area contributed by atoms with Crippen molar-refractivity contribution in [1.82, 2.24) is 19.7 Å². The van der Waals surface area contributed by atoms with E-state index in [1.165, 1.54) is 12.8 Å². The molecule has 0 radical (unpaired) electrons. The number of halogens is 1. The molecule has 3 heterocycles. The number of hydrogen-bond acceptors (Lipinski definition) is 5. The van der Waals surface area contributed by atoms with Crippen LogP contribution in [0.2, 0.25) is 5.02 Å². The van der Waals surface area contributed by atoms with Gasteiger partial charge in [0.05, 0.1) is 18.2 Å². The molecule has 0 unspecified atom stereocenters. The second-order valence-electron chi connectivity index (χ2n) is 7.28. The molecular weight excluding hydrogens is 380 g/mol. The van der Waals surface area contributed by atoms with Crippen LogP contribution in [0.4, 0.5) is 0 Å². The number of carbonyl (C=O) groups excluding carboxylic acids is 2. The molecule has 8 heteroatoms. The Morgan fingerprint density at radius 1 is 1.00 bits per heavy atom. The van der Waals surface area contributed by atoms with Crippen LogP contribution in [0.25, 0.3) is 0 Å². The van der Waals surface area contributed by atoms with E-state index in [2.05, 4.69) is 9.88 Å². The highest BCUT2D eigenvalue weighted by atomic mass is 35.5. The van der Waals surface area contributed by atoms with Crippen molar-refractivity contribution in [3.05, 3.63) is 22.8 Å². The predicted molar refractivity (Wildman–Crippen MR) is 108 cm³/mol. The Morgan fingerprint density at radius 3 is 2.32 bits per heavy atom. The number of nitrogens with zero attached hydrogens (tertiary/aromatic N) is 4. The molecule has 1 aromatic heterocycles. The fourth-order valence-corrected chi connectivity index (χ4v) is 3.86. The largest absolute Gasteiger partial charge is 0.478 e. The van der Waals surface area contributed by atoms with Crippen LogP contribution >= 0.6 is 11.6 Å². The first-order valence-electron chi connectivity index (χ1n) is 10.2. The fraction of sp³-hybridized carbons (Fsp3) is 0.650. The molecule has 0 bridgehead atoms. The minimum Gasteiger partial charge on any atom is -0.478 e. The summed E-state index contributed by atoms with van der Waals surface area (Å²) in [6.07, 6.45) is 4.63. The molecule has 7 nitrogen and oxygen atoms in total. The van der Waals surface area contributed by atoms with Crippen LogP contribution in [0.1, 0.15) is 43.1 Å². The van der Waals surface area contributed by atoms with E-state index in [0.29, 0.717) is 50.2 Å². The zero-order valence-corrected chi connectivity index (χ0v) is 17.3. The number of pyridine rings is 1. The van der Waals surface area contributed by atoms with Gasteiger partial charge in [-0.1, -0.05) is 24.4 Å². The zero-order chi connectivity index (χ0) is 19.9. The monoisotopic (exact) mass is 408 g/mol. The molecule has 2 amide bonds. The van der Waals surface area contributed by atoms with Crippen LogP contribution in [0.3, 0.4) is 0 Å². The van der Waals surface area contributed by atoms with Gasteiger partial charge in [0.1, 0.15) is 0 Å². The zero-order valence-electron chi connectivity index (χ0n) is 16.5. The van der Waals surface area contributed by atoms with Crippen LogP contribution in [0.5, 0.6) is 5.88 Å². The van der Waals surface area contributed by atoms with Crippen molar-refractivity contribution >= 4 is 23.4 Å². The van der Waals surface area contributed by atoms with Crippen molar-refractivity contribution in [2.45, 2.75) is 32.6 Å². The smallest absolute Gasteiger partial charge is 0.274 e. The first-order valence-corrected chi connectivity index (χ1v) is 10.5. The third-order valence-corrected chi connectivity index (χ3v) is 5.60. The van der Waals surface area contributed by atoms with Gasteiger partial charge in [0.25, 0.3) is 5.91 Å². The van der Waals surface area contributed by atoms with E-state index in [-0.39, 0.29) is 17.5 Å². The third kappa shape index (κ3) is 5.35. The summed E-state index contributed by atoms with van der Waals surface area (Å²) < 4.78 is 5.38. The Hall–Kier alpha value is -1.86. The summed E-state index contributed by atoms with van der Waals surface area (Å²) in [6, 6.07) is 3.30.